The highest BCUT2D eigenvalue weighted by atomic mass is 16.5. The minimum atomic E-state index is -0.788. The second-order valence-electron chi connectivity index (χ2n) is 7.98. The molecule has 0 saturated heterocycles. The number of nitrogens with one attached hydrogen (secondary N) is 2. The summed E-state index contributed by atoms with van der Waals surface area (Å²) in [6, 6.07) is 17.5. The number of nitrogens with zero attached hydrogens (tertiary/aromatic N) is 1. The number of ether oxygens (including phenoxy) is 1. The molecule has 0 spiro atoms. The molecule has 0 aromatic heterocycles. The van der Waals surface area contributed by atoms with Crippen molar-refractivity contribution in [1.82, 2.24) is 10.2 Å². The first kappa shape index (κ1) is 22.1. The number of aliphatic hydroxyl groups excluding tert-OH is 1. The first-order valence-corrected chi connectivity index (χ1v) is 10.8. The lowest BCUT2D eigenvalue weighted by atomic mass is 9.94. The van der Waals surface area contributed by atoms with E-state index in [2.05, 4.69) is 28.6 Å². The fourth-order valence-electron chi connectivity index (χ4n) is 3.84. The largest absolute Gasteiger partial charge is 0.491 e. The number of hydrogen-bond donors (Lipinski definition) is 3. The maximum atomic E-state index is 12.3. The first-order valence-electron chi connectivity index (χ1n) is 10.8. The Balaban J connectivity index is 1.45. The summed E-state index contributed by atoms with van der Waals surface area (Å²) in [5, 5.41) is 15.7. The third-order valence-electron chi connectivity index (χ3n) is 5.57. The molecule has 30 heavy (non-hydrogen) atoms. The van der Waals surface area contributed by atoms with E-state index in [1.54, 1.807) is 0 Å². The lowest BCUT2D eigenvalue weighted by Gasteiger charge is -2.31. The first-order chi connectivity index (χ1) is 14.6. The zero-order valence-electron chi connectivity index (χ0n) is 17.7. The Morgan fingerprint density at radius 2 is 1.80 bits per heavy atom. The van der Waals surface area contributed by atoms with Gasteiger partial charge in [0.25, 0.3) is 0 Å². The lowest BCUT2D eigenvalue weighted by Crippen LogP contribution is -2.38. The van der Waals surface area contributed by atoms with Gasteiger partial charge in [0, 0.05) is 24.8 Å². The van der Waals surface area contributed by atoms with Gasteiger partial charge in [-0.25, -0.2) is 4.79 Å². The van der Waals surface area contributed by atoms with E-state index in [0.717, 1.165) is 17.8 Å². The van der Waals surface area contributed by atoms with E-state index in [0.29, 0.717) is 11.8 Å². The number of carbonyl (C=O) groups is 1. The van der Waals surface area contributed by atoms with E-state index in [9.17, 15) is 9.90 Å². The van der Waals surface area contributed by atoms with E-state index in [4.69, 9.17) is 4.74 Å². The van der Waals surface area contributed by atoms with Gasteiger partial charge in [-0.05, 0) is 43.7 Å². The molecule has 1 aliphatic carbocycles. The van der Waals surface area contributed by atoms with Crippen molar-refractivity contribution in [1.29, 1.82) is 0 Å². The predicted molar refractivity (Wildman–Crippen MR) is 120 cm³/mol. The molecular weight excluding hydrogens is 378 g/mol. The fourth-order valence-corrected chi connectivity index (χ4v) is 3.84. The van der Waals surface area contributed by atoms with Gasteiger partial charge in [0.05, 0.1) is 0 Å². The normalized spacial score (nSPS) is 15.6. The molecule has 0 bridgehead atoms. The molecule has 3 rings (SSSR count). The smallest absolute Gasteiger partial charge is 0.319 e. The highest BCUT2D eigenvalue weighted by Crippen LogP contribution is 2.24. The van der Waals surface area contributed by atoms with Crippen molar-refractivity contribution >= 4 is 11.7 Å². The number of aliphatic hydroxyl groups is 1. The lowest BCUT2D eigenvalue weighted by molar-refractivity contribution is 0.108. The highest BCUT2D eigenvalue weighted by Gasteiger charge is 2.19. The summed E-state index contributed by atoms with van der Waals surface area (Å²) in [4.78, 5) is 14.7. The fraction of sp³-hybridized carbons (Fsp3) is 0.458. The standard InChI is InChI=1S/C24H33N3O3/c1-27(20-11-4-2-5-12-20)17-19-10-8-9-15-23(19)26-24(29)25-16-21(28)18-30-22-13-6-3-7-14-22/h3,6-10,13-15,20-21,28H,2,4-5,11-12,16-18H2,1H3,(H2,25,26,29). The van der Waals surface area contributed by atoms with E-state index < -0.39 is 6.10 Å². The second kappa shape index (κ2) is 11.6. The Kier molecular flexibility index (Phi) is 8.53. The molecule has 0 heterocycles. The summed E-state index contributed by atoms with van der Waals surface area (Å²) >= 11 is 0. The molecule has 1 unspecified atom stereocenters. The topological polar surface area (TPSA) is 73.8 Å². The Labute approximate surface area is 179 Å². The summed E-state index contributed by atoms with van der Waals surface area (Å²) in [5.74, 6) is 0.692. The number of amides is 2. The quantitative estimate of drug-likeness (QED) is 0.583. The molecule has 3 N–H and O–H groups in total. The van der Waals surface area contributed by atoms with Crippen molar-refractivity contribution in [3.8, 4) is 5.75 Å². The Morgan fingerprint density at radius 1 is 1.10 bits per heavy atom. The maximum absolute atomic E-state index is 12.3. The number of urea groups is 1. The van der Waals surface area contributed by atoms with Gasteiger partial charge in [0.15, 0.2) is 0 Å². The van der Waals surface area contributed by atoms with Crippen LogP contribution < -0.4 is 15.4 Å². The van der Waals surface area contributed by atoms with Crippen molar-refractivity contribution in [2.75, 3.05) is 25.5 Å². The van der Waals surface area contributed by atoms with Crippen LogP contribution in [0, 0.1) is 0 Å². The third kappa shape index (κ3) is 7.04. The van der Waals surface area contributed by atoms with Crippen LogP contribution in [0.2, 0.25) is 0 Å². The number of para-hydroxylation sites is 2. The van der Waals surface area contributed by atoms with Gasteiger partial charge in [-0.15, -0.1) is 0 Å². The van der Waals surface area contributed by atoms with E-state index in [-0.39, 0.29) is 19.2 Å². The molecule has 1 saturated carbocycles. The number of benzene rings is 2. The van der Waals surface area contributed by atoms with Gasteiger partial charge in [0.2, 0.25) is 0 Å². The summed E-state index contributed by atoms with van der Waals surface area (Å²) in [6.45, 7) is 1.03. The molecule has 1 aliphatic rings. The molecule has 6 nitrogen and oxygen atoms in total. The van der Waals surface area contributed by atoms with Crippen LogP contribution in [0.4, 0.5) is 10.5 Å². The maximum Gasteiger partial charge on any atom is 0.319 e. The SMILES string of the molecule is CN(Cc1ccccc1NC(=O)NCC(O)COc1ccccc1)C1CCCCC1. The third-order valence-corrected chi connectivity index (χ3v) is 5.57. The molecule has 162 valence electrons. The number of rotatable bonds is 9. The molecule has 2 amide bonds. The van der Waals surface area contributed by atoms with Crippen LogP contribution in [-0.4, -0.2) is 48.4 Å². The number of hydrogen-bond acceptors (Lipinski definition) is 4. The van der Waals surface area contributed by atoms with Gasteiger partial charge in [0.1, 0.15) is 18.5 Å². The zero-order chi connectivity index (χ0) is 21.2. The highest BCUT2D eigenvalue weighted by molar-refractivity contribution is 5.90. The van der Waals surface area contributed by atoms with Crippen LogP contribution >= 0.6 is 0 Å². The monoisotopic (exact) mass is 411 g/mol. The molecule has 6 heteroatoms. The molecule has 2 aromatic rings. The van der Waals surface area contributed by atoms with Crippen molar-refractivity contribution in [2.24, 2.45) is 0 Å². The van der Waals surface area contributed by atoms with Gasteiger partial charge in [-0.1, -0.05) is 55.7 Å². The van der Waals surface area contributed by atoms with Crippen LogP contribution in [-0.2, 0) is 6.54 Å². The summed E-state index contributed by atoms with van der Waals surface area (Å²) in [7, 11) is 2.16. The van der Waals surface area contributed by atoms with Crippen molar-refractivity contribution in [3.05, 3.63) is 60.2 Å². The van der Waals surface area contributed by atoms with Crippen LogP contribution in [0.5, 0.6) is 5.75 Å². The molecule has 0 radical (unpaired) electrons. The number of anilines is 1. The van der Waals surface area contributed by atoms with Gasteiger partial charge in [-0.3, -0.25) is 4.90 Å². The van der Waals surface area contributed by atoms with Crippen LogP contribution in [0.1, 0.15) is 37.7 Å². The molecule has 0 aliphatic heterocycles. The van der Waals surface area contributed by atoms with Crippen molar-refractivity contribution in [2.45, 2.75) is 50.8 Å². The number of carbonyl (C=O) groups excluding carboxylic acids is 1. The Bertz CT molecular complexity index is 778. The molecule has 1 atom stereocenters. The van der Waals surface area contributed by atoms with Crippen LogP contribution in [0.25, 0.3) is 0 Å². The van der Waals surface area contributed by atoms with Gasteiger partial charge >= 0.3 is 6.03 Å². The minimum Gasteiger partial charge on any atom is -0.491 e. The molecule has 1 fully saturated rings. The molecular formula is C24H33N3O3. The summed E-state index contributed by atoms with van der Waals surface area (Å²) < 4.78 is 5.51. The predicted octanol–water partition coefficient (Wildman–Crippen LogP) is 4.01. The van der Waals surface area contributed by atoms with E-state index in [1.807, 2.05) is 48.5 Å². The van der Waals surface area contributed by atoms with Crippen LogP contribution in [0.15, 0.2) is 54.6 Å². The van der Waals surface area contributed by atoms with Crippen LogP contribution in [0.3, 0.4) is 0 Å². The average molecular weight is 412 g/mol. The average Bonchev–Trinajstić information content (AvgIpc) is 2.79. The Hall–Kier alpha value is -2.57. The van der Waals surface area contributed by atoms with E-state index in [1.165, 1.54) is 32.1 Å². The van der Waals surface area contributed by atoms with E-state index >= 15 is 0 Å². The summed E-state index contributed by atoms with van der Waals surface area (Å²) in [5.41, 5.74) is 1.89. The molecule has 2 aromatic carbocycles. The van der Waals surface area contributed by atoms with Gasteiger partial charge < -0.3 is 20.5 Å². The van der Waals surface area contributed by atoms with Crippen molar-refractivity contribution in [3.63, 3.8) is 0 Å². The second-order valence-corrected chi connectivity index (χ2v) is 7.98. The summed E-state index contributed by atoms with van der Waals surface area (Å²) in [6.07, 6.45) is 5.64. The minimum absolute atomic E-state index is 0.114. The Morgan fingerprint density at radius 3 is 2.57 bits per heavy atom. The van der Waals surface area contributed by atoms with Gasteiger partial charge in [-0.2, -0.15) is 0 Å². The van der Waals surface area contributed by atoms with Crippen molar-refractivity contribution < 1.29 is 14.6 Å². The zero-order valence-corrected chi connectivity index (χ0v) is 17.7.